The number of anilines is 1. The Morgan fingerprint density at radius 3 is 2.67 bits per heavy atom. The third-order valence-corrected chi connectivity index (χ3v) is 4.32. The zero-order valence-electron chi connectivity index (χ0n) is 14.8. The first-order valence-corrected chi connectivity index (χ1v) is 9.00. The van der Waals surface area contributed by atoms with Crippen LogP contribution < -0.4 is 10.1 Å². The summed E-state index contributed by atoms with van der Waals surface area (Å²) in [5, 5.41) is 12.0. The van der Waals surface area contributed by atoms with E-state index in [-0.39, 0.29) is 12.2 Å². The molecule has 2 aromatic carbocycles. The quantitative estimate of drug-likeness (QED) is 0.298. The number of benzene rings is 2. The Labute approximate surface area is 170 Å². The Morgan fingerprint density at radius 1 is 1.26 bits per heavy atom. The van der Waals surface area contributed by atoms with Gasteiger partial charge in [-0.1, -0.05) is 18.2 Å². The molecule has 0 saturated heterocycles. The van der Waals surface area contributed by atoms with Gasteiger partial charge >= 0.3 is 5.97 Å². The minimum absolute atomic E-state index is 0.0180. The van der Waals surface area contributed by atoms with E-state index in [1.807, 2.05) is 31.2 Å². The molecule has 7 heteroatoms. The molecule has 1 N–H and O–H groups in total. The summed E-state index contributed by atoms with van der Waals surface area (Å²) in [6.07, 6.45) is 1.50. The van der Waals surface area contributed by atoms with Crippen molar-refractivity contribution >= 4 is 46.2 Å². The molecule has 0 bridgehead atoms. The van der Waals surface area contributed by atoms with E-state index in [0.717, 1.165) is 9.13 Å². The number of amides is 1. The average Bonchev–Trinajstić information content (AvgIpc) is 2.65. The normalized spacial score (nSPS) is 10.7. The zero-order valence-corrected chi connectivity index (χ0v) is 16.9. The van der Waals surface area contributed by atoms with Crippen LogP contribution in [0.2, 0.25) is 0 Å². The molecule has 0 aliphatic carbocycles. The van der Waals surface area contributed by atoms with Crippen molar-refractivity contribution in [3.8, 4) is 11.8 Å². The Morgan fingerprint density at radius 2 is 2.04 bits per heavy atom. The third-order valence-electron chi connectivity index (χ3n) is 3.48. The maximum Gasteiger partial charge on any atom is 0.343 e. The number of ether oxygens (including phenoxy) is 2. The fourth-order valence-corrected chi connectivity index (χ4v) is 2.85. The first-order valence-electron chi connectivity index (χ1n) is 7.92. The van der Waals surface area contributed by atoms with E-state index in [9.17, 15) is 14.9 Å². The number of nitrogens with one attached hydrogen (secondary N) is 1. The summed E-state index contributed by atoms with van der Waals surface area (Å²) in [5.41, 5.74) is 2.28. The van der Waals surface area contributed by atoms with Gasteiger partial charge in [-0.05, 0) is 71.0 Å². The van der Waals surface area contributed by atoms with Crippen LogP contribution in [0, 0.1) is 21.8 Å². The van der Waals surface area contributed by atoms with E-state index >= 15 is 0 Å². The lowest BCUT2D eigenvalue weighted by Crippen LogP contribution is -2.13. The highest BCUT2D eigenvalue weighted by Crippen LogP contribution is 2.23. The number of carbonyl (C=O) groups is 2. The van der Waals surface area contributed by atoms with Gasteiger partial charge in [-0.25, -0.2) is 4.79 Å². The number of nitrogens with zero attached hydrogens (tertiary/aromatic N) is 1. The predicted octanol–water partition coefficient (Wildman–Crippen LogP) is 3.70. The summed E-state index contributed by atoms with van der Waals surface area (Å²) in [7, 11) is 1.29. The lowest BCUT2D eigenvalue weighted by Gasteiger charge is -2.08. The lowest BCUT2D eigenvalue weighted by molar-refractivity contribution is -0.142. The van der Waals surface area contributed by atoms with E-state index in [2.05, 4.69) is 32.6 Å². The molecule has 27 heavy (non-hydrogen) atoms. The van der Waals surface area contributed by atoms with E-state index in [1.54, 1.807) is 24.3 Å². The highest BCUT2D eigenvalue weighted by atomic mass is 127. The molecule has 0 atom stereocenters. The van der Waals surface area contributed by atoms with Crippen LogP contribution in [0.5, 0.6) is 5.75 Å². The van der Waals surface area contributed by atoms with Crippen molar-refractivity contribution in [2.45, 2.75) is 6.92 Å². The Balaban J connectivity index is 2.14. The van der Waals surface area contributed by atoms with E-state index < -0.39 is 11.9 Å². The molecule has 0 radical (unpaired) electrons. The van der Waals surface area contributed by atoms with Crippen LogP contribution in [-0.4, -0.2) is 25.6 Å². The maximum atomic E-state index is 12.3. The van der Waals surface area contributed by atoms with Crippen molar-refractivity contribution in [2.75, 3.05) is 19.0 Å². The summed E-state index contributed by atoms with van der Waals surface area (Å²) in [6, 6.07) is 14.4. The SMILES string of the molecule is COC(=O)COc1ccc(/C=C(/C#N)C(=O)Nc2cccc(C)c2)cc1I. The number of aryl methyl sites for hydroxylation is 1. The molecule has 0 unspecified atom stereocenters. The lowest BCUT2D eigenvalue weighted by atomic mass is 10.1. The number of rotatable bonds is 6. The summed E-state index contributed by atoms with van der Waals surface area (Å²) in [6.45, 7) is 1.73. The second-order valence-corrected chi connectivity index (χ2v) is 6.71. The highest BCUT2D eigenvalue weighted by Gasteiger charge is 2.11. The molecule has 2 rings (SSSR count). The van der Waals surface area contributed by atoms with Gasteiger partial charge in [-0.15, -0.1) is 0 Å². The van der Waals surface area contributed by atoms with Gasteiger partial charge in [0.25, 0.3) is 5.91 Å². The molecule has 0 aliphatic rings. The van der Waals surface area contributed by atoms with Crippen molar-refractivity contribution in [2.24, 2.45) is 0 Å². The first kappa shape index (κ1) is 20.5. The molecular weight excluding hydrogens is 459 g/mol. The molecule has 0 fully saturated rings. The molecule has 0 heterocycles. The smallest absolute Gasteiger partial charge is 0.343 e. The van der Waals surface area contributed by atoms with Crippen LogP contribution in [0.25, 0.3) is 6.08 Å². The predicted molar refractivity (Wildman–Crippen MR) is 110 cm³/mol. The monoisotopic (exact) mass is 476 g/mol. The maximum absolute atomic E-state index is 12.3. The molecule has 0 aromatic heterocycles. The van der Waals surface area contributed by atoms with Gasteiger partial charge in [0.1, 0.15) is 17.4 Å². The third kappa shape index (κ3) is 6.11. The van der Waals surface area contributed by atoms with Crippen molar-refractivity contribution in [3.63, 3.8) is 0 Å². The standard InChI is InChI=1S/C20H17IN2O4/c1-13-4-3-5-16(8-13)23-20(25)15(11-22)9-14-6-7-18(17(21)10-14)27-12-19(24)26-2/h3-10H,12H2,1-2H3,(H,23,25)/b15-9-. The van der Waals surface area contributed by atoms with Crippen molar-refractivity contribution in [1.82, 2.24) is 0 Å². The van der Waals surface area contributed by atoms with Crippen molar-refractivity contribution in [3.05, 3.63) is 62.7 Å². The largest absolute Gasteiger partial charge is 0.481 e. The van der Waals surface area contributed by atoms with Gasteiger partial charge in [0.2, 0.25) is 0 Å². The van der Waals surface area contributed by atoms with Gasteiger partial charge in [0, 0.05) is 5.69 Å². The number of esters is 1. The topological polar surface area (TPSA) is 88.4 Å². The Hall–Kier alpha value is -2.86. The van der Waals surface area contributed by atoms with Crippen molar-refractivity contribution in [1.29, 1.82) is 5.26 Å². The minimum Gasteiger partial charge on any atom is -0.481 e. The van der Waals surface area contributed by atoms with E-state index in [1.165, 1.54) is 13.2 Å². The van der Waals surface area contributed by atoms with Crippen LogP contribution >= 0.6 is 22.6 Å². The molecule has 0 spiro atoms. The van der Waals surface area contributed by atoms with Crippen LogP contribution in [0.4, 0.5) is 5.69 Å². The number of carbonyl (C=O) groups excluding carboxylic acids is 2. The Kier molecular flexibility index (Phi) is 7.37. The van der Waals surface area contributed by atoms with E-state index in [0.29, 0.717) is 17.0 Å². The molecular formula is C20H17IN2O4. The van der Waals surface area contributed by atoms with Crippen molar-refractivity contribution < 1.29 is 19.1 Å². The first-order chi connectivity index (χ1) is 12.9. The molecule has 1 amide bonds. The summed E-state index contributed by atoms with van der Waals surface area (Å²) >= 11 is 2.05. The van der Waals surface area contributed by atoms with Gasteiger partial charge in [0.05, 0.1) is 10.7 Å². The number of hydrogen-bond acceptors (Lipinski definition) is 5. The molecule has 138 valence electrons. The van der Waals surface area contributed by atoms with Crippen LogP contribution in [0.1, 0.15) is 11.1 Å². The molecule has 2 aromatic rings. The van der Waals surface area contributed by atoms with Gasteiger partial charge in [-0.3, -0.25) is 4.79 Å². The average molecular weight is 476 g/mol. The van der Waals surface area contributed by atoms with Gasteiger partial charge in [-0.2, -0.15) is 5.26 Å². The highest BCUT2D eigenvalue weighted by molar-refractivity contribution is 14.1. The zero-order chi connectivity index (χ0) is 19.8. The van der Waals surface area contributed by atoms with Crippen LogP contribution in [0.3, 0.4) is 0 Å². The molecule has 6 nitrogen and oxygen atoms in total. The summed E-state index contributed by atoms with van der Waals surface area (Å²) < 4.78 is 10.6. The number of nitriles is 1. The van der Waals surface area contributed by atoms with Crippen LogP contribution in [-0.2, 0) is 14.3 Å². The minimum atomic E-state index is -0.482. The van der Waals surface area contributed by atoms with Crippen LogP contribution in [0.15, 0.2) is 48.0 Å². The number of hydrogen-bond donors (Lipinski definition) is 1. The molecule has 0 saturated carbocycles. The second-order valence-electron chi connectivity index (χ2n) is 5.55. The summed E-state index contributed by atoms with van der Waals surface area (Å²) in [5.74, 6) is -0.445. The fourth-order valence-electron chi connectivity index (χ4n) is 2.16. The fraction of sp³-hybridized carbons (Fsp3) is 0.150. The Bertz CT molecular complexity index is 932. The molecule has 0 aliphatic heterocycles. The summed E-state index contributed by atoms with van der Waals surface area (Å²) in [4.78, 5) is 23.5. The van der Waals surface area contributed by atoms with Gasteiger partial charge < -0.3 is 14.8 Å². The van der Waals surface area contributed by atoms with E-state index in [4.69, 9.17) is 4.74 Å². The second kappa shape index (κ2) is 9.73. The van der Waals surface area contributed by atoms with Gasteiger partial charge in [0.15, 0.2) is 6.61 Å². The number of methoxy groups -OCH3 is 1. The number of halogens is 1.